The normalized spacial score (nSPS) is 31.6. The molecule has 3 unspecified atom stereocenters. The molecule has 0 spiro atoms. The Morgan fingerprint density at radius 2 is 2.31 bits per heavy atom. The summed E-state index contributed by atoms with van der Waals surface area (Å²) >= 11 is 0. The Labute approximate surface area is 81.3 Å². The van der Waals surface area contributed by atoms with Crippen molar-refractivity contribution in [2.24, 2.45) is 11.8 Å². The summed E-state index contributed by atoms with van der Waals surface area (Å²) in [6.07, 6.45) is 4.97. The van der Waals surface area contributed by atoms with E-state index in [0.29, 0.717) is 24.5 Å². The Bertz CT molecular complexity index is 136. The van der Waals surface area contributed by atoms with Crippen LogP contribution in [0.25, 0.3) is 0 Å². The molecule has 0 radical (unpaired) electrons. The molecule has 2 nitrogen and oxygen atoms in total. The highest BCUT2D eigenvalue weighted by molar-refractivity contribution is 4.78. The monoisotopic (exact) mass is 186 g/mol. The zero-order chi connectivity index (χ0) is 9.68. The van der Waals surface area contributed by atoms with Crippen LogP contribution in [-0.4, -0.2) is 24.4 Å². The zero-order valence-electron chi connectivity index (χ0n) is 8.83. The quantitative estimate of drug-likeness (QED) is 0.729. The number of ether oxygens (including phenoxy) is 1. The summed E-state index contributed by atoms with van der Waals surface area (Å²) in [5.74, 6) is 0.984. The van der Waals surface area contributed by atoms with E-state index in [1.165, 1.54) is 12.8 Å². The molecule has 1 heterocycles. The highest BCUT2D eigenvalue weighted by Crippen LogP contribution is 2.28. The van der Waals surface area contributed by atoms with E-state index in [-0.39, 0.29) is 0 Å². The van der Waals surface area contributed by atoms with E-state index < -0.39 is 0 Å². The Balaban J connectivity index is 2.43. The molecule has 1 N–H and O–H groups in total. The van der Waals surface area contributed by atoms with E-state index in [4.69, 9.17) is 4.74 Å². The standard InChI is InChI=1S/C11H22O2/c1-3-5-9(2)11-10(8-12)6-4-7-13-11/h9-12H,3-8H2,1-2H3. The van der Waals surface area contributed by atoms with Crippen molar-refractivity contribution in [1.82, 2.24) is 0 Å². The van der Waals surface area contributed by atoms with Crippen LogP contribution in [-0.2, 0) is 4.74 Å². The lowest BCUT2D eigenvalue weighted by Crippen LogP contribution is -2.36. The number of hydrogen-bond acceptors (Lipinski definition) is 2. The molecule has 1 aliphatic rings. The van der Waals surface area contributed by atoms with E-state index in [1.807, 2.05) is 0 Å². The van der Waals surface area contributed by atoms with Crippen LogP contribution in [0, 0.1) is 11.8 Å². The van der Waals surface area contributed by atoms with Crippen LogP contribution in [0.15, 0.2) is 0 Å². The Hall–Kier alpha value is -0.0800. The third kappa shape index (κ3) is 2.96. The summed E-state index contributed by atoms with van der Waals surface area (Å²) in [5, 5.41) is 9.20. The molecule has 0 amide bonds. The molecule has 1 aliphatic heterocycles. The predicted molar refractivity (Wildman–Crippen MR) is 53.6 cm³/mol. The molecule has 0 aromatic carbocycles. The van der Waals surface area contributed by atoms with Crippen molar-refractivity contribution in [3.63, 3.8) is 0 Å². The highest BCUT2D eigenvalue weighted by Gasteiger charge is 2.29. The van der Waals surface area contributed by atoms with Gasteiger partial charge >= 0.3 is 0 Å². The van der Waals surface area contributed by atoms with Crippen LogP contribution in [0.3, 0.4) is 0 Å². The summed E-state index contributed by atoms with van der Waals surface area (Å²) in [6.45, 7) is 5.61. The van der Waals surface area contributed by atoms with Crippen LogP contribution in [0.2, 0.25) is 0 Å². The van der Waals surface area contributed by atoms with Gasteiger partial charge in [-0.2, -0.15) is 0 Å². The summed E-state index contributed by atoms with van der Waals surface area (Å²) in [6, 6.07) is 0. The largest absolute Gasteiger partial charge is 0.396 e. The van der Waals surface area contributed by atoms with Gasteiger partial charge in [-0.05, 0) is 25.2 Å². The van der Waals surface area contributed by atoms with Crippen molar-refractivity contribution < 1.29 is 9.84 Å². The third-order valence-electron chi connectivity index (χ3n) is 3.03. The van der Waals surface area contributed by atoms with Crippen molar-refractivity contribution in [3.05, 3.63) is 0 Å². The molecule has 1 fully saturated rings. The second-order valence-corrected chi connectivity index (χ2v) is 4.19. The molecule has 13 heavy (non-hydrogen) atoms. The average Bonchev–Trinajstić information content (AvgIpc) is 2.18. The molecule has 0 bridgehead atoms. The smallest absolute Gasteiger partial charge is 0.0650 e. The lowest BCUT2D eigenvalue weighted by Gasteiger charge is -2.34. The molecule has 0 aliphatic carbocycles. The fourth-order valence-corrected chi connectivity index (χ4v) is 2.31. The van der Waals surface area contributed by atoms with E-state index in [9.17, 15) is 5.11 Å². The van der Waals surface area contributed by atoms with Gasteiger partial charge in [0.2, 0.25) is 0 Å². The molecule has 0 saturated carbocycles. The minimum Gasteiger partial charge on any atom is -0.396 e. The first kappa shape index (κ1) is 11.0. The molecular formula is C11H22O2. The van der Waals surface area contributed by atoms with Crippen molar-refractivity contribution >= 4 is 0 Å². The number of hydrogen-bond donors (Lipinski definition) is 1. The van der Waals surface area contributed by atoms with Crippen LogP contribution in [0.4, 0.5) is 0 Å². The summed E-state index contributed by atoms with van der Waals surface area (Å²) < 4.78 is 5.74. The maximum Gasteiger partial charge on any atom is 0.0650 e. The van der Waals surface area contributed by atoms with Gasteiger partial charge in [-0.15, -0.1) is 0 Å². The minimum absolute atomic E-state index is 0.290. The van der Waals surface area contributed by atoms with Crippen LogP contribution >= 0.6 is 0 Å². The van der Waals surface area contributed by atoms with E-state index in [1.54, 1.807) is 0 Å². The molecule has 78 valence electrons. The second kappa shape index (κ2) is 5.61. The third-order valence-corrected chi connectivity index (χ3v) is 3.03. The Morgan fingerprint density at radius 3 is 2.92 bits per heavy atom. The van der Waals surface area contributed by atoms with Crippen molar-refractivity contribution in [1.29, 1.82) is 0 Å². The van der Waals surface area contributed by atoms with Crippen LogP contribution < -0.4 is 0 Å². The van der Waals surface area contributed by atoms with Gasteiger partial charge in [-0.25, -0.2) is 0 Å². The van der Waals surface area contributed by atoms with Gasteiger partial charge in [0.25, 0.3) is 0 Å². The van der Waals surface area contributed by atoms with Crippen molar-refractivity contribution in [2.45, 2.75) is 45.6 Å². The molecule has 1 saturated heterocycles. The van der Waals surface area contributed by atoms with Crippen molar-refractivity contribution in [2.75, 3.05) is 13.2 Å². The summed E-state index contributed by atoms with van der Waals surface area (Å²) in [7, 11) is 0. The molecule has 0 aromatic rings. The minimum atomic E-state index is 0.290. The summed E-state index contributed by atoms with van der Waals surface area (Å²) in [4.78, 5) is 0. The van der Waals surface area contributed by atoms with Gasteiger partial charge in [0, 0.05) is 19.1 Å². The van der Waals surface area contributed by atoms with Gasteiger partial charge in [0.1, 0.15) is 0 Å². The first-order chi connectivity index (χ1) is 6.29. The maximum atomic E-state index is 9.20. The molecule has 2 heteroatoms. The first-order valence-corrected chi connectivity index (χ1v) is 5.52. The zero-order valence-corrected chi connectivity index (χ0v) is 8.83. The maximum absolute atomic E-state index is 9.20. The van der Waals surface area contributed by atoms with Crippen LogP contribution in [0.1, 0.15) is 39.5 Å². The lowest BCUT2D eigenvalue weighted by atomic mass is 9.85. The molecule has 3 atom stereocenters. The number of aliphatic hydroxyl groups is 1. The molecule has 0 aromatic heterocycles. The summed E-state index contributed by atoms with van der Waals surface area (Å²) in [5.41, 5.74) is 0. The topological polar surface area (TPSA) is 29.5 Å². The lowest BCUT2D eigenvalue weighted by molar-refractivity contribution is -0.0725. The van der Waals surface area contributed by atoms with E-state index in [2.05, 4.69) is 13.8 Å². The Morgan fingerprint density at radius 1 is 1.54 bits per heavy atom. The van der Waals surface area contributed by atoms with Gasteiger partial charge in [-0.1, -0.05) is 20.3 Å². The molecular weight excluding hydrogens is 164 g/mol. The highest BCUT2D eigenvalue weighted by atomic mass is 16.5. The van der Waals surface area contributed by atoms with Gasteiger partial charge in [0.15, 0.2) is 0 Å². The van der Waals surface area contributed by atoms with Gasteiger partial charge < -0.3 is 9.84 Å². The van der Waals surface area contributed by atoms with Crippen LogP contribution in [0.5, 0.6) is 0 Å². The molecule has 1 rings (SSSR count). The van der Waals surface area contributed by atoms with Crippen molar-refractivity contribution in [3.8, 4) is 0 Å². The van der Waals surface area contributed by atoms with Gasteiger partial charge in [0.05, 0.1) is 6.10 Å². The Kier molecular flexibility index (Phi) is 4.74. The fraction of sp³-hybridized carbons (Fsp3) is 1.00. The number of rotatable bonds is 4. The first-order valence-electron chi connectivity index (χ1n) is 5.52. The average molecular weight is 186 g/mol. The van der Waals surface area contributed by atoms with E-state index in [0.717, 1.165) is 19.4 Å². The van der Waals surface area contributed by atoms with E-state index >= 15 is 0 Å². The van der Waals surface area contributed by atoms with Gasteiger partial charge in [-0.3, -0.25) is 0 Å². The SMILES string of the molecule is CCCC(C)C1OCCCC1CO. The number of aliphatic hydroxyl groups excluding tert-OH is 1. The second-order valence-electron chi connectivity index (χ2n) is 4.19. The fourth-order valence-electron chi connectivity index (χ4n) is 2.31. The predicted octanol–water partition coefficient (Wildman–Crippen LogP) is 2.21.